The third-order valence-corrected chi connectivity index (χ3v) is 3.35. The highest BCUT2D eigenvalue weighted by Gasteiger charge is 2.12. The number of para-hydroxylation sites is 1. The fourth-order valence-electron chi connectivity index (χ4n) is 1.81. The molecule has 0 aliphatic heterocycles. The quantitative estimate of drug-likeness (QED) is 0.761. The van der Waals surface area contributed by atoms with Crippen molar-refractivity contribution in [3.05, 3.63) is 57.9 Å². The van der Waals surface area contributed by atoms with Gasteiger partial charge in [-0.3, -0.25) is 4.79 Å². The summed E-state index contributed by atoms with van der Waals surface area (Å²) in [5, 5.41) is 0.650. The predicted molar refractivity (Wildman–Crippen MR) is 72.8 cm³/mol. The molecule has 0 saturated carbocycles. The molecule has 2 aromatic rings. The average molecular weight is 279 g/mol. The minimum atomic E-state index is -0.574. The molecule has 98 valence electrons. The maximum absolute atomic E-state index is 13.7. The highest BCUT2D eigenvalue weighted by molar-refractivity contribution is 6.32. The summed E-state index contributed by atoms with van der Waals surface area (Å²) < 4.78 is 19.2. The van der Waals surface area contributed by atoms with Crippen molar-refractivity contribution in [2.75, 3.05) is 0 Å². The first kappa shape index (κ1) is 13.6. The number of ether oxygens (including phenoxy) is 1. The largest absolute Gasteiger partial charge is 0.454 e. The number of hydrogen-bond acceptors (Lipinski definition) is 2. The van der Waals surface area contributed by atoms with Crippen LogP contribution in [0.3, 0.4) is 0 Å². The van der Waals surface area contributed by atoms with E-state index in [-0.39, 0.29) is 11.3 Å². The van der Waals surface area contributed by atoms with Crippen molar-refractivity contribution >= 4 is 17.9 Å². The van der Waals surface area contributed by atoms with Crippen LogP contribution in [0.4, 0.5) is 4.39 Å². The first-order chi connectivity index (χ1) is 9.02. The molecule has 0 aromatic heterocycles. The lowest BCUT2D eigenvalue weighted by atomic mass is 10.1. The van der Waals surface area contributed by atoms with Gasteiger partial charge in [0, 0.05) is 5.02 Å². The summed E-state index contributed by atoms with van der Waals surface area (Å²) in [5.74, 6) is -0.193. The van der Waals surface area contributed by atoms with Crippen LogP contribution < -0.4 is 4.74 Å². The minimum absolute atomic E-state index is 0.0707. The summed E-state index contributed by atoms with van der Waals surface area (Å²) in [7, 11) is 0. The Kier molecular flexibility index (Phi) is 3.86. The fourth-order valence-corrected chi connectivity index (χ4v) is 1.92. The van der Waals surface area contributed by atoms with Gasteiger partial charge in [-0.15, -0.1) is 0 Å². The van der Waals surface area contributed by atoms with E-state index in [1.165, 1.54) is 18.2 Å². The monoisotopic (exact) mass is 278 g/mol. The lowest BCUT2D eigenvalue weighted by molar-refractivity contribution is 0.112. The van der Waals surface area contributed by atoms with E-state index >= 15 is 0 Å². The van der Waals surface area contributed by atoms with Gasteiger partial charge in [-0.25, -0.2) is 4.39 Å². The Hall–Kier alpha value is -1.87. The van der Waals surface area contributed by atoms with Crippen molar-refractivity contribution in [1.82, 2.24) is 0 Å². The number of rotatable bonds is 3. The van der Waals surface area contributed by atoms with E-state index in [9.17, 15) is 9.18 Å². The van der Waals surface area contributed by atoms with E-state index in [4.69, 9.17) is 16.3 Å². The Morgan fingerprint density at radius 3 is 2.42 bits per heavy atom. The third kappa shape index (κ3) is 2.76. The number of halogens is 2. The third-order valence-electron chi connectivity index (χ3n) is 2.75. The first-order valence-corrected chi connectivity index (χ1v) is 6.09. The van der Waals surface area contributed by atoms with E-state index in [0.29, 0.717) is 17.1 Å². The van der Waals surface area contributed by atoms with Gasteiger partial charge in [-0.1, -0.05) is 17.7 Å². The lowest BCUT2D eigenvalue weighted by Gasteiger charge is -2.11. The van der Waals surface area contributed by atoms with E-state index in [0.717, 1.165) is 11.1 Å². The molecule has 0 fully saturated rings. The Morgan fingerprint density at radius 1 is 1.21 bits per heavy atom. The van der Waals surface area contributed by atoms with E-state index in [1.807, 2.05) is 13.8 Å². The van der Waals surface area contributed by atoms with Gasteiger partial charge < -0.3 is 4.74 Å². The summed E-state index contributed by atoms with van der Waals surface area (Å²) >= 11 is 6.06. The van der Waals surface area contributed by atoms with Crippen molar-refractivity contribution in [3.63, 3.8) is 0 Å². The van der Waals surface area contributed by atoms with Crippen LogP contribution in [0.2, 0.25) is 5.02 Å². The first-order valence-electron chi connectivity index (χ1n) is 5.71. The molecular formula is C15H12ClFO2. The van der Waals surface area contributed by atoms with Crippen LogP contribution >= 0.6 is 11.6 Å². The molecule has 0 radical (unpaired) electrons. The molecule has 4 heteroatoms. The second-order valence-corrected chi connectivity index (χ2v) is 4.63. The fraction of sp³-hybridized carbons (Fsp3) is 0.133. The summed E-state index contributed by atoms with van der Waals surface area (Å²) in [6, 6.07) is 7.62. The standard InChI is InChI=1S/C15H12ClFO2/c1-9-6-12(7-10(2)14(9)16)19-15-11(8-18)4-3-5-13(15)17/h3-8H,1-2H3. The highest BCUT2D eigenvalue weighted by Crippen LogP contribution is 2.31. The van der Waals surface area contributed by atoms with Gasteiger partial charge >= 0.3 is 0 Å². The highest BCUT2D eigenvalue weighted by atomic mass is 35.5. The molecule has 19 heavy (non-hydrogen) atoms. The van der Waals surface area contributed by atoms with Crippen molar-refractivity contribution in [3.8, 4) is 11.5 Å². The Labute approximate surface area is 115 Å². The molecule has 0 unspecified atom stereocenters. The smallest absolute Gasteiger partial charge is 0.173 e. The van der Waals surface area contributed by atoms with Crippen molar-refractivity contribution in [2.24, 2.45) is 0 Å². The SMILES string of the molecule is Cc1cc(Oc2c(F)cccc2C=O)cc(C)c1Cl. The second-order valence-electron chi connectivity index (χ2n) is 4.25. The molecule has 0 atom stereocenters. The second kappa shape index (κ2) is 5.41. The summed E-state index contributed by atoms with van der Waals surface area (Å²) in [5.41, 5.74) is 1.84. The molecule has 2 rings (SSSR count). The van der Waals surface area contributed by atoms with Crippen LogP contribution in [0.15, 0.2) is 30.3 Å². The van der Waals surface area contributed by atoms with Crippen LogP contribution in [-0.4, -0.2) is 6.29 Å². The number of aryl methyl sites for hydroxylation is 2. The van der Waals surface area contributed by atoms with Crippen LogP contribution in [0.1, 0.15) is 21.5 Å². The van der Waals surface area contributed by atoms with E-state index in [2.05, 4.69) is 0 Å². The van der Waals surface area contributed by atoms with Gasteiger partial charge in [-0.2, -0.15) is 0 Å². The zero-order chi connectivity index (χ0) is 14.0. The molecule has 0 spiro atoms. The van der Waals surface area contributed by atoms with Crippen LogP contribution in [0.25, 0.3) is 0 Å². The predicted octanol–water partition coefficient (Wildman–Crippen LogP) is 4.70. The van der Waals surface area contributed by atoms with Gasteiger partial charge in [-0.05, 0) is 49.2 Å². The number of aldehydes is 1. The van der Waals surface area contributed by atoms with Crippen LogP contribution in [0.5, 0.6) is 11.5 Å². The van der Waals surface area contributed by atoms with Gasteiger partial charge in [0.2, 0.25) is 0 Å². The lowest BCUT2D eigenvalue weighted by Crippen LogP contribution is -1.95. The Morgan fingerprint density at radius 2 is 1.84 bits per heavy atom. The zero-order valence-electron chi connectivity index (χ0n) is 10.5. The maximum atomic E-state index is 13.7. The van der Waals surface area contributed by atoms with Crippen molar-refractivity contribution in [1.29, 1.82) is 0 Å². The van der Waals surface area contributed by atoms with Crippen LogP contribution in [0, 0.1) is 19.7 Å². The Balaban J connectivity index is 2.44. The molecule has 2 nitrogen and oxygen atoms in total. The molecular weight excluding hydrogens is 267 g/mol. The molecule has 0 heterocycles. The molecule has 0 N–H and O–H groups in total. The summed E-state index contributed by atoms with van der Waals surface area (Å²) in [4.78, 5) is 10.9. The van der Waals surface area contributed by atoms with Gasteiger partial charge in [0.15, 0.2) is 17.9 Å². The molecule has 0 bridgehead atoms. The topological polar surface area (TPSA) is 26.3 Å². The number of carbonyl (C=O) groups is 1. The van der Waals surface area contributed by atoms with Crippen LogP contribution in [-0.2, 0) is 0 Å². The molecule has 0 aliphatic rings. The number of hydrogen-bond donors (Lipinski definition) is 0. The van der Waals surface area contributed by atoms with E-state index < -0.39 is 5.82 Å². The zero-order valence-corrected chi connectivity index (χ0v) is 11.3. The molecule has 0 amide bonds. The molecule has 0 aliphatic carbocycles. The normalized spacial score (nSPS) is 10.3. The average Bonchev–Trinajstić information content (AvgIpc) is 2.38. The summed E-state index contributed by atoms with van der Waals surface area (Å²) in [6.45, 7) is 3.67. The number of carbonyl (C=O) groups excluding carboxylic acids is 1. The minimum Gasteiger partial charge on any atom is -0.454 e. The van der Waals surface area contributed by atoms with Gasteiger partial charge in [0.05, 0.1) is 5.56 Å². The van der Waals surface area contributed by atoms with Gasteiger partial charge in [0.1, 0.15) is 5.75 Å². The van der Waals surface area contributed by atoms with Crippen molar-refractivity contribution in [2.45, 2.75) is 13.8 Å². The van der Waals surface area contributed by atoms with Gasteiger partial charge in [0.25, 0.3) is 0 Å². The van der Waals surface area contributed by atoms with Crippen molar-refractivity contribution < 1.29 is 13.9 Å². The molecule has 0 saturated heterocycles. The van der Waals surface area contributed by atoms with E-state index in [1.54, 1.807) is 12.1 Å². The number of benzene rings is 2. The Bertz CT molecular complexity index is 615. The molecule has 2 aromatic carbocycles. The summed E-state index contributed by atoms with van der Waals surface area (Å²) in [6.07, 6.45) is 0.564. The maximum Gasteiger partial charge on any atom is 0.173 e.